The summed E-state index contributed by atoms with van der Waals surface area (Å²) in [4.78, 5) is 11.0. The summed E-state index contributed by atoms with van der Waals surface area (Å²) in [7, 11) is 1.35. The van der Waals surface area contributed by atoms with E-state index in [4.69, 9.17) is 16.3 Å². The second-order valence-corrected chi connectivity index (χ2v) is 3.52. The van der Waals surface area contributed by atoms with Crippen LogP contribution in [0.15, 0.2) is 30.9 Å². The van der Waals surface area contributed by atoms with Gasteiger partial charge in [-0.3, -0.25) is 4.79 Å². The number of halogens is 1. The van der Waals surface area contributed by atoms with Crippen molar-refractivity contribution >= 4 is 17.6 Å². The third-order valence-corrected chi connectivity index (χ3v) is 2.22. The van der Waals surface area contributed by atoms with Crippen molar-refractivity contribution in [1.29, 1.82) is 0 Å². The standard InChI is InChI=1S/C12H13ClO3/c1-3-6-16-11-5-4-9(7-10(11)13)8-12(14)15-2/h3-5,7H,1,6,8H2,2H3. The second-order valence-electron chi connectivity index (χ2n) is 3.12. The summed E-state index contributed by atoms with van der Waals surface area (Å²) in [5, 5.41) is 0.475. The maximum atomic E-state index is 11.0. The van der Waals surface area contributed by atoms with Crippen LogP contribution in [0.25, 0.3) is 0 Å². The first-order chi connectivity index (χ1) is 7.67. The molecule has 3 nitrogen and oxygen atoms in total. The van der Waals surface area contributed by atoms with Gasteiger partial charge in [-0.1, -0.05) is 30.3 Å². The highest BCUT2D eigenvalue weighted by Crippen LogP contribution is 2.25. The third kappa shape index (κ3) is 3.59. The largest absolute Gasteiger partial charge is 0.488 e. The number of benzene rings is 1. The summed E-state index contributed by atoms with van der Waals surface area (Å²) in [6, 6.07) is 5.20. The molecule has 0 heterocycles. The van der Waals surface area contributed by atoms with Crippen molar-refractivity contribution in [2.24, 2.45) is 0 Å². The fourth-order valence-electron chi connectivity index (χ4n) is 1.16. The summed E-state index contributed by atoms with van der Waals surface area (Å²) in [5.74, 6) is 0.283. The topological polar surface area (TPSA) is 35.5 Å². The van der Waals surface area contributed by atoms with Crippen LogP contribution in [-0.2, 0) is 16.0 Å². The molecule has 1 rings (SSSR count). The molecule has 0 radical (unpaired) electrons. The van der Waals surface area contributed by atoms with E-state index in [1.807, 2.05) is 0 Å². The normalized spacial score (nSPS) is 9.62. The minimum Gasteiger partial charge on any atom is -0.488 e. The third-order valence-electron chi connectivity index (χ3n) is 1.93. The number of rotatable bonds is 5. The molecule has 0 saturated heterocycles. The first kappa shape index (κ1) is 12.6. The number of methoxy groups -OCH3 is 1. The molecule has 0 aliphatic heterocycles. The van der Waals surface area contributed by atoms with Crippen LogP contribution in [0.3, 0.4) is 0 Å². The Bertz CT molecular complexity index is 388. The number of carbonyl (C=O) groups is 1. The first-order valence-corrected chi connectivity index (χ1v) is 5.14. The molecule has 0 amide bonds. The fraction of sp³-hybridized carbons (Fsp3) is 0.250. The van der Waals surface area contributed by atoms with Gasteiger partial charge in [0.15, 0.2) is 0 Å². The number of ether oxygens (including phenoxy) is 2. The monoisotopic (exact) mass is 240 g/mol. The average Bonchev–Trinajstić information content (AvgIpc) is 2.28. The van der Waals surface area contributed by atoms with Gasteiger partial charge in [0.2, 0.25) is 0 Å². The molecule has 0 saturated carbocycles. The highest BCUT2D eigenvalue weighted by Gasteiger charge is 2.06. The Labute approximate surface area is 99.6 Å². The van der Waals surface area contributed by atoms with Crippen LogP contribution in [0.4, 0.5) is 0 Å². The molecule has 16 heavy (non-hydrogen) atoms. The zero-order chi connectivity index (χ0) is 12.0. The lowest BCUT2D eigenvalue weighted by atomic mass is 10.1. The van der Waals surface area contributed by atoms with E-state index in [1.54, 1.807) is 24.3 Å². The van der Waals surface area contributed by atoms with E-state index < -0.39 is 0 Å². The molecule has 4 heteroatoms. The number of hydrogen-bond donors (Lipinski definition) is 0. The fourth-order valence-corrected chi connectivity index (χ4v) is 1.42. The highest BCUT2D eigenvalue weighted by atomic mass is 35.5. The van der Waals surface area contributed by atoms with E-state index >= 15 is 0 Å². The van der Waals surface area contributed by atoms with Crippen molar-refractivity contribution in [3.63, 3.8) is 0 Å². The molecule has 0 fully saturated rings. The quantitative estimate of drug-likeness (QED) is 0.586. The molecule has 1 aromatic rings. The Morgan fingerprint density at radius 1 is 1.56 bits per heavy atom. The lowest BCUT2D eigenvalue weighted by Gasteiger charge is -2.07. The molecule has 0 aromatic heterocycles. The van der Waals surface area contributed by atoms with Crippen molar-refractivity contribution in [1.82, 2.24) is 0 Å². The van der Waals surface area contributed by atoms with Crippen LogP contribution in [-0.4, -0.2) is 19.7 Å². The summed E-state index contributed by atoms with van der Waals surface area (Å²) in [5.41, 5.74) is 0.794. The van der Waals surface area contributed by atoms with E-state index in [-0.39, 0.29) is 12.4 Å². The van der Waals surface area contributed by atoms with Gasteiger partial charge in [0.1, 0.15) is 12.4 Å². The maximum Gasteiger partial charge on any atom is 0.309 e. The van der Waals surface area contributed by atoms with Crippen LogP contribution in [0, 0.1) is 0 Å². The zero-order valence-electron chi connectivity index (χ0n) is 9.03. The van der Waals surface area contributed by atoms with E-state index in [9.17, 15) is 4.79 Å². The Balaban J connectivity index is 2.74. The molecule has 0 aliphatic carbocycles. The van der Waals surface area contributed by atoms with Gasteiger partial charge in [0.25, 0.3) is 0 Å². The van der Waals surface area contributed by atoms with E-state index in [0.717, 1.165) is 5.56 Å². The maximum absolute atomic E-state index is 11.0. The number of hydrogen-bond acceptors (Lipinski definition) is 3. The summed E-state index contributed by atoms with van der Waals surface area (Å²) in [6.45, 7) is 3.94. The van der Waals surface area contributed by atoms with Crippen LogP contribution in [0.2, 0.25) is 5.02 Å². The van der Waals surface area contributed by atoms with Crippen LogP contribution in [0.1, 0.15) is 5.56 Å². The van der Waals surface area contributed by atoms with E-state index in [0.29, 0.717) is 17.4 Å². The van der Waals surface area contributed by atoms with Gasteiger partial charge >= 0.3 is 5.97 Å². The Kier molecular flexibility index (Phi) is 4.86. The summed E-state index contributed by atoms with van der Waals surface area (Å²) >= 11 is 5.98. The molecular weight excluding hydrogens is 228 g/mol. The minimum atomic E-state index is -0.296. The van der Waals surface area contributed by atoms with Crippen molar-refractivity contribution < 1.29 is 14.3 Å². The Hall–Kier alpha value is -1.48. The van der Waals surface area contributed by atoms with Gasteiger partial charge in [-0.25, -0.2) is 0 Å². The van der Waals surface area contributed by atoms with Gasteiger partial charge in [-0.2, -0.15) is 0 Å². The van der Waals surface area contributed by atoms with Crippen molar-refractivity contribution in [2.75, 3.05) is 13.7 Å². The predicted molar refractivity (Wildman–Crippen MR) is 62.9 cm³/mol. The van der Waals surface area contributed by atoms with Crippen molar-refractivity contribution in [3.05, 3.63) is 41.4 Å². The zero-order valence-corrected chi connectivity index (χ0v) is 9.79. The first-order valence-electron chi connectivity index (χ1n) is 4.76. The highest BCUT2D eigenvalue weighted by molar-refractivity contribution is 6.32. The number of esters is 1. The van der Waals surface area contributed by atoms with Crippen LogP contribution >= 0.6 is 11.6 Å². The van der Waals surface area contributed by atoms with Gasteiger partial charge in [-0.05, 0) is 17.7 Å². The van der Waals surface area contributed by atoms with Crippen LogP contribution < -0.4 is 4.74 Å². The molecule has 0 atom stereocenters. The van der Waals surface area contributed by atoms with E-state index in [2.05, 4.69) is 11.3 Å². The van der Waals surface area contributed by atoms with Gasteiger partial charge in [0.05, 0.1) is 18.6 Å². The summed E-state index contributed by atoms with van der Waals surface area (Å²) < 4.78 is 9.87. The molecule has 0 N–H and O–H groups in total. The second kappa shape index (κ2) is 6.18. The molecule has 0 bridgehead atoms. The van der Waals surface area contributed by atoms with Crippen LogP contribution in [0.5, 0.6) is 5.75 Å². The SMILES string of the molecule is C=CCOc1ccc(CC(=O)OC)cc1Cl. The minimum absolute atomic E-state index is 0.206. The molecule has 86 valence electrons. The smallest absolute Gasteiger partial charge is 0.309 e. The van der Waals surface area contributed by atoms with Gasteiger partial charge in [-0.15, -0.1) is 0 Å². The van der Waals surface area contributed by atoms with Crippen molar-refractivity contribution in [2.45, 2.75) is 6.42 Å². The molecule has 0 unspecified atom stereocenters. The van der Waals surface area contributed by atoms with Crippen molar-refractivity contribution in [3.8, 4) is 5.75 Å². The van der Waals surface area contributed by atoms with Gasteiger partial charge in [0, 0.05) is 0 Å². The lowest BCUT2D eigenvalue weighted by molar-refractivity contribution is -0.139. The average molecular weight is 241 g/mol. The van der Waals surface area contributed by atoms with E-state index in [1.165, 1.54) is 7.11 Å². The molecular formula is C12H13ClO3. The molecule has 0 spiro atoms. The Morgan fingerprint density at radius 3 is 2.88 bits per heavy atom. The molecule has 1 aromatic carbocycles. The number of carbonyl (C=O) groups excluding carboxylic acids is 1. The Morgan fingerprint density at radius 2 is 2.31 bits per heavy atom. The molecule has 0 aliphatic rings. The lowest BCUT2D eigenvalue weighted by Crippen LogP contribution is -2.04. The predicted octanol–water partition coefficient (Wildman–Crippen LogP) is 2.62. The van der Waals surface area contributed by atoms with Gasteiger partial charge < -0.3 is 9.47 Å². The summed E-state index contributed by atoms with van der Waals surface area (Å²) in [6.07, 6.45) is 1.84.